The lowest BCUT2D eigenvalue weighted by Crippen LogP contribution is -2.50. The summed E-state index contributed by atoms with van der Waals surface area (Å²) in [5.41, 5.74) is 4.38. The Labute approximate surface area is 317 Å². The summed E-state index contributed by atoms with van der Waals surface area (Å²) in [4.78, 5) is 4.67. The van der Waals surface area contributed by atoms with E-state index in [9.17, 15) is 10.2 Å². The Balaban J connectivity index is 1.00. The number of aliphatic hydroxyl groups excluding tert-OH is 2. The average Bonchev–Trinajstić information content (AvgIpc) is 3.45. The Morgan fingerprint density at radius 3 is 1.24 bits per heavy atom. The largest absolute Gasteiger partial charge is 0.390 e. The van der Waals surface area contributed by atoms with Gasteiger partial charge in [0, 0.05) is 98.7 Å². The molecule has 6 aromatic rings. The molecule has 1 fully saturated rings. The first-order chi connectivity index (χ1) is 22.0. The van der Waals surface area contributed by atoms with E-state index in [2.05, 4.69) is 175 Å². The Hall–Kier alpha value is -0.800. The molecule has 7 rings (SSSR count). The molecule has 0 aliphatic carbocycles. The molecule has 3 heterocycles. The first kappa shape index (κ1) is 33.7. The van der Waals surface area contributed by atoms with Crippen LogP contribution < -0.4 is 0 Å². The van der Waals surface area contributed by atoms with Gasteiger partial charge in [0.1, 0.15) is 0 Å². The number of piperazine rings is 1. The van der Waals surface area contributed by atoms with Crippen LogP contribution in [0.4, 0.5) is 0 Å². The van der Waals surface area contributed by atoms with Gasteiger partial charge in [-0.1, -0.05) is 63.7 Å². The van der Waals surface area contributed by atoms with E-state index < -0.39 is 12.2 Å². The van der Waals surface area contributed by atoms with E-state index in [1.54, 1.807) is 0 Å². The molecule has 12 heteroatoms. The molecule has 4 aromatic carbocycles. The molecule has 0 bridgehead atoms. The minimum atomic E-state index is -0.524. The first-order valence-corrected chi connectivity index (χ1v) is 19.8. The van der Waals surface area contributed by atoms with Crippen LogP contribution in [0.5, 0.6) is 0 Å². The number of aromatic nitrogens is 2. The van der Waals surface area contributed by atoms with Gasteiger partial charge < -0.3 is 19.3 Å². The predicted molar refractivity (Wildman–Crippen MR) is 210 cm³/mol. The Morgan fingerprint density at radius 1 is 0.478 bits per heavy atom. The number of nitrogens with zero attached hydrogens (tertiary/aromatic N) is 4. The second kappa shape index (κ2) is 13.8. The zero-order valence-electron chi connectivity index (χ0n) is 24.5. The quantitative estimate of drug-likeness (QED) is 0.160. The van der Waals surface area contributed by atoms with Crippen molar-refractivity contribution >= 4 is 139 Å². The summed E-state index contributed by atoms with van der Waals surface area (Å²) in [6.07, 6.45) is -1.05. The first-order valence-electron chi connectivity index (χ1n) is 15.0. The van der Waals surface area contributed by atoms with E-state index in [1.165, 1.54) is 0 Å². The number of fused-ring (bicyclic) bond motifs is 6. The molecule has 0 amide bonds. The third kappa shape index (κ3) is 6.69. The van der Waals surface area contributed by atoms with Crippen molar-refractivity contribution in [1.82, 2.24) is 18.9 Å². The molecule has 2 atom stereocenters. The summed E-state index contributed by atoms with van der Waals surface area (Å²) in [6.45, 7) is 5.61. The second-order valence-electron chi connectivity index (χ2n) is 12.0. The molecule has 6 nitrogen and oxygen atoms in total. The van der Waals surface area contributed by atoms with Gasteiger partial charge in [0.05, 0.1) is 36.3 Å². The van der Waals surface area contributed by atoms with Gasteiger partial charge in [-0.3, -0.25) is 9.80 Å². The van der Waals surface area contributed by atoms with Gasteiger partial charge >= 0.3 is 0 Å². The normalized spacial score (nSPS) is 16.3. The molecule has 0 radical (unpaired) electrons. The van der Waals surface area contributed by atoms with Crippen LogP contribution in [0.3, 0.4) is 0 Å². The minimum absolute atomic E-state index is 0.502. The van der Waals surface area contributed by atoms with Gasteiger partial charge in [0.25, 0.3) is 0 Å². The van der Waals surface area contributed by atoms with Crippen molar-refractivity contribution in [1.29, 1.82) is 0 Å². The van der Waals surface area contributed by atoms with Crippen molar-refractivity contribution in [2.75, 3.05) is 39.3 Å². The Kier molecular flexibility index (Phi) is 10.1. The zero-order valence-corrected chi connectivity index (χ0v) is 34.1. The maximum Gasteiger partial charge on any atom is 0.0845 e. The zero-order chi connectivity index (χ0) is 32.3. The summed E-state index contributed by atoms with van der Waals surface area (Å²) in [5.74, 6) is 0. The molecule has 0 spiro atoms. The number of hydrogen-bond donors (Lipinski definition) is 2. The maximum absolute atomic E-state index is 11.3. The van der Waals surface area contributed by atoms with E-state index >= 15 is 0 Å². The third-order valence-electron chi connectivity index (χ3n) is 8.86. The van der Waals surface area contributed by atoms with E-state index in [4.69, 9.17) is 0 Å². The minimum Gasteiger partial charge on any atom is -0.390 e. The van der Waals surface area contributed by atoms with Crippen LogP contribution in [-0.4, -0.2) is 80.6 Å². The number of aliphatic hydroxyl groups is 2. The van der Waals surface area contributed by atoms with E-state index in [0.717, 1.165) is 96.6 Å². The van der Waals surface area contributed by atoms with Crippen molar-refractivity contribution in [3.8, 4) is 0 Å². The van der Waals surface area contributed by atoms with Crippen LogP contribution in [0.25, 0.3) is 43.6 Å². The average molecular weight is 1010 g/mol. The number of halogens is 6. The summed E-state index contributed by atoms with van der Waals surface area (Å²) in [7, 11) is 0. The predicted octanol–water partition coefficient (Wildman–Crippen LogP) is 9.52. The van der Waals surface area contributed by atoms with Crippen LogP contribution in [0.2, 0.25) is 0 Å². The van der Waals surface area contributed by atoms with Gasteiger partial charge in [0.15, 0.2) is 0 Å². The monoisotopic (exact) mass is 1000 g/mol. The van der Waals surface area contributed by atoms with Crippen molar-refractivity contribution in [3.05, 3.63) is 87.5 Å². The highest BCUT2D eigenvalue weighted by molar-refractivity contribution is 9.11. The standard InChI is InChI=1S/C34H30Br6N4O2/c35-19-1-3-31-25(9-19)27-11-21(37)13-29(39)33(27)43(31)17-23(45)15-41-5-7-42(8-6-41)16-24(46)18-44-32-4-2-20(36)10-26(32)28-12-22(38)14-30(40)34(28)44/h1-4,9-14,23-24,45-46H,5-8,15-18H2. The van der Waals surface area contributed by atoms with Gasteiger partial charge in [-0.05, 0) is 92.5 Å². The summed E-state index contributed by atoms with van der Waals surface area (Å²) >= 11 is 22.1. The molecule has 2 unspecified atom stereocenters. The summed E-state index contributed by atoms with van der Waals surface area (Å²) in [5, 5.41) is 27.2. The van der Waals surface area contributed by atoms with E-state index in [0.29, 0.717) is 26.2 Å². The number of rotatable bonds is 8. The van der Waals surface area contributed by atoms with Crippen molar-refractivity contribution in [2.24, 2.45) is 0 Å². The molecule has 0 saturated carbocycles. The van der Waals surface area contributed by atoms with Crippen molar-refractivity contribution < 1.29 is 10.2 Å². The van der Waals surface area contributed by atoms with E-state index in [1.807, 2.05) is 0 Å². The number of benzene rings is 4. The van der Waals surface area contributed by atoms with Crippen LogP contribution in [0.1, 0.15) is 0 Å². The molecular formula is C34H30Br6N4O2. The third-order valence-corrected chi connectivity index (χ3v) is 12.0. The summed E-state index contributed by atoms with van der Waals surface area (Å²) < 4.78 is 10.5. The molecule has 240 valence electrons. The molecule has 2 aromatic heterocycles. The lowest BCUT2D eigenvalue weighted by molar-refractivity contribution is 0.0415. The van der Waals surface area contributed by atoms with Crippen LogP contribution in [-0.2, 0) is 13.1 Å². The maximum atomic E-state index is 11.3. The Morgan fingerprint density at radius 2 is 0.848 bits per heavy atom. The molecule has 2 N–H and O–H groups in total. The fourth-order valence-electron chi connectivity index (χ4n) is 6.92. The SMILES string of the molecule is OC(CN1CCN(CC(O)Cn2c3ccc(Br)cc3c3cc(Br)cc(Br)c32)CC1)Cn1c2ccc(Br)cc2c2cc(Br)cc(Br)c21. The van der Waals surface area contributed by atoms with Crippen molar-refractivity contribution in [3.63, 3.8) is 0 Å². The Bertz CT molecular complexity index is 1950. The van der Waals surface area contributed by atoms with Crippen LogP contribution >= 0.6 is 95.6 Å². The van der Waals surface area contributed by atoms with Crippen molar-refractivity contribution in [2.45, 2.75) is 25.3 Å². The highest BCUT2D eigenvalue weighted by Crippen LogP contribution is 2.39. The molecular weight excluding hydrogens is 976 g/mol. The van der Waals surface area contributed by atoms with Crippen LogP contribution in [0, 0.1) is 0 Å². The van der Waals surface area contributed by atoms with Gasteiger partial charge in [-0.15, -0.1) is 0 Å². The van der Waals surface area contributed by atoms with Gasteiger partial charge in [-0.2, -0.15) is 0 Å². The number of β-amino-alcohol motifs (C(OH)–C–C–N with tert-alkyl or cyclic N) is 2. The second-order valence-corrected chi connectivity index (χ2v) is 17.4. The van der Waals surface area contributed by atoms with E-state index in [-0.39, 0.29) is 0 Å². The smallest absolute Gasteiger partial charge is 0.0845 e. The fourth-order valence-corrected chi connectivity index (χ4v) is 10.5. The fraction of sp³-hybridized carbons (Fsp3) is 0.294. The lowest BCUT2D eigenvalue weighted by atomic mass is 10.2. The van der Waals surface area contributed by atoms with Gasteiger partial charge in [-0.25, -0.2) is 0 Å². The van der Waals surface area contributed by atoms with Gasteiger partial charge in [0.2, 0.25) is 0 Å². The molecule has 1 saturated heterocycles. The highest BCUT2D eigenvalue weighted by Gasteiger charge is 2.24. The molecule has 1 aliphatic rings. The van der Waals surface area contributed by atoms with Crippen LogP contribution in [0.15, 0.2) is 87.5 Å². The molecule has 1 aliphatic heterocycles. The topological polar surface area (TPSA) is 56.8 Å². The molecule has 46 heavy (non-hydrogen) atoms. The lowest BCUT2D eigenvalue weighted by Gasteiger charge is -2.36. The highest BCUT2D eigenvalue weighted by atomic mass is 79.9. The number of hydrogen-bond acceptors (Lipinski definition) is 4. The summed E-state index contributed by atoms with van der Waals surface area (Å²) in [6, 6.07) is 21.0.